The van der Waals surface area contributed by atoms with Crippen LogP contribution in [-0.2, 0) is 0 Å². The van der Waals surface area contributed by atoms with Crippen molar-refractivity contribution in [3.05, 3.63) is 21.1 Å². The van der Waals surface area contributed by atoms with Gasteiger partial charge in [0.1, 0.15) is 24.2 Å². The molecule has 0 saturated heterocycles. The Morgan fingerprint density at radius 3 is 2.44 bits per heavy atom. The van der Waals surface area contributed by atoms with Crippen molar-refractivity contribution in [2.45, 2.75) is 6.10 Å². The standard InChI is InChI=1S/C10H11Br2ClO3/c1-15-9-2-8(12)10(3-7(9)11)16-5-6(14)4-13/h2-3,6,14H,4-5H2,1H3. The first kappa shape index (κ1) is 14.1. The van der Waals surface area contributed by atoms with Crippen LogP contribution < -0.4 is 9.47 Å². The minimum absolute atomic E-state index is 0.148. The summed E-state index contributed by atoms with van der Waals surface area (Å²) in [6.45, 7) is 0.154. The maximum atomic E-state index is 9.27. The number of ether oxygens (including phenoxy) is 2. The van der Waals surface area contributed by atoms with Gasteiger partial charge in [-0.25, -0.2) is 0 Å². The van der Waals surface area contributed by atoms with Gasteiger partial charge >= 0.3 is 0 Å². The molecule has 1 atom stereocenters. The van der Waals surface area contributed by atoms with Crippen LogP contribution in [-0.4, -0.2) is 30.8 Å². The minimum Gasteiger partial charge on any atom is -0.496 e. The fourth-order valence-corrected chi connectivity index (χ4v) is 2.02. The Balaban J connectivity index is 2.77. The average molecular weight is 374 g/mol. The molecule has 0 bridgehead atoms. The number of aliphatic hydroxyl groups is 1. The van der Waals surface area contributed by atoms with Gasteiger partial charge in [0.05, 0.1) is 21.9 Å². The molecule has 1 aromatic rings. The highest BCUT2D eigenvalue weighted by Gasteiger charge is 2.10. The van der Waals surface area contributed by atoms with Crippen LogP contribution in [0.3, 0.4) is 0 Å². The van der Waals surface area contributed by atoms with E-state index in [1.807, 2.05) is 0 Å². The topological polar surface area (TPSA) is 38.7 Å². The summed E-state index contributed by atoms with van der Waals surface area (Å²) in [4.78, 5) is 0. The molecule has 1 rings (SSSR count). The molecule has 0 aliphatic rings. The molecular formula is C10H11Br2ClO3. The van der Waals surface area contributed by atoms with Gasteiger partial charge in [0, 0.05) is 0 Å². The van der Waals surface area contributed by atoms with E-state index >= 15 is 0 Å². The molecule has 0 saturated carbocycles. The lowest BCUT2D eigenvalue weighted by Gasteiger charge is -2.13. The van der Waals surface area contributed by atoms with Gasteiger partial charge in [-0.05, 0) is 44.0 Å². The number of benzene rings is 1. The van der Waals surface area contributed by atoms with Gasteiger partial charge in [0.25, 0.3) is 0 Å². The quantitative estimate of drug-likeness (QED) is 0.805. The Bertz CT molecular complexity index is 360. The van der Waals surface area contributed by atoms with Crippen LogP contribution >= 0.6 is 43.5 Å². The summed E-state index contributed by atoms with van der Waals surface area (Å²) in [5.74, 6) is 1.48. The lowest BCUT2D eigenvalue weighted by atomic mass is 10.3. The summed E-state index contributed by atoms with van der Waals surface area (Å²) in [7, 11) is 1.59. The van der Waals surface area contributed by atoms with Crippen molar-refractivity contribution in [1.29, 1.82) is 0 Å². The van der Waals surface area contributed by atoms with E-state index in [0.717, 1.165) is 8.95 Å². The van der Waals surface area contributed by atoms with E-state index in [1.165, 1.54) is 0 Å². The average Bonchev–Trinajstić information content (AvgIpc) is 2.29. The highest BCUT2D eigenvalue weighted by molar-refractivity contribution is 9.11. The zero-order valence-corrected chi connectivity index (χ0v) is 12.5. The molecule has 0 spiro atoms. The molecule has 0 aromatic heterocycles. The van der Waals surface area contributed by atoms with Gasteiger partial charge in [0.15, 0.2) is 0 Å². The molecule has 0 radical (unpaired) electrons. The van der Waals surface area contributed by atoms with Gasteiger partial charge in [-0.1, -0.05) is 0 Å². The van der Waals surface area contributed by atoms with Gasteiger partial charge in [0.2, 0.25) is 0 Å². The Morgan fingerprint density at radius 2 is 1.88 bits per heavy atom. The van der Waals surface area contributed by atoms with Crippen LogP contribution in [0, 0.1) is 0 Å². The highest BCUT2D eigenvalue weighted by atomic mass is 79.9. The van der Waals surface area contributed by atoms with Crippen molar-refractivity contribution in [2.75, 3.05) is 19.6 Å². The van der Waals surface area contributed by atoms with E-state index < -0.39 is 6.10 Å². The third-order valence-electron chi connectivity index (χ3n) is 1.82. The van der Waals surface area contributed by atoms with Gasteiger partial charge in [-0.3, -0.25) is 0 Å². The maximum Gasteiger partial charge on any atom is 0.135 e. The summed E-state index contributed by atoms with van der Waals surface area (Å²) >= 11 is 12.2. The summed E-state index contributed by atoms with van der Waals surface area (Å²) in [5.41, 5.74) is 0. The molecule has 0 heterocycles. The van der Waals surface area contributed by atoms with E-state index in [4.69, 9.17) is 21.1 Å². The largest absolute Gasteiger partial charge is 0.496 e. The summed E-state index contributed by atoms with van der Waals surface area (Å²) in [5, 5.41) is 9.27. The molecule has 16 heavy (non-hydrogen) atoms. The number of aliphatic hydroxyl groups excluding tert-OH is 1. The third kappa shape index (κ3) is 3.80. The lowest BCUT2D eigenvalue weighted by molar-refractivity contribution is 0.125. The molecule has 1 N–H and O–H groups in total. The molecule has 0 aliphatic heterocycles. The van der Waals surface area contributed by atoms with E-state index in [1.54, 1.807) is 19.2 Å². The van der Waals surface area contributed by atoms with Crippen LogP contribution in [0.2, 0.25) is 0 Å². The van der Waals surface area contributed by atoms with Crippen molar-refractivity contribution < 1.29 is 14.6 Å². The number of rotatable bonds is 5. The van der Waals surface area contributed by atoms with Crippen molar-refractivity contribution in [1.82, 2.24) is 0 Å². The van der Waals surface area contributed by atoms with E-state index in [9.17, 15) is 5.11 Å². The number of halogens is 3. The Kier molecular flexibility index (Phi) is 5.89. The molecule has 3 nitrogen and oxygen atoms in total. The molecule has 90 valence electrons. The predicted molar refractivity (Wildman–Crippen MR) is 70.6 cm³/mol. The van der Waals surface area contributed by atoms with Crippen LogP contribution in [0.1, 0.15) is 0 Å². The first-order chi connectivity index (χ1) is 7.58. The van der Waals surface area contributed by atoms with Crippen molar-refractivity contribution >= 4 is 43.5 Å². The van der Waals surface area contributed by atoms with E-state index in [0.29, 0.717) is 11.5 Å². The van der Waals surface area contributed by atoms with Crippen LogP contribution in [0.5, 0.6) is 11.5 Å². The zero-order valence-electron chi connectivity index (χ0n) is 8.54. The first-order valence-corrected chi connectivity index (χ1v) is 6.60. The SMILES string of the molecule is COc1cc(Br)c(OCC(O)CCl)cc1Br. The number of hydrogen-bond donors (Lipinski definition) is 1. The van der Waals surface area contributed by atoms with Gasteiger partial charge in [-0.15, -0.1) is 11.6 Å². The van der Waals surface area contributed by atoms with Gasteiger partial charge in [-0.2, -0.15) is 0 Å². The van der Waals surface area contributed by atoms with E-state index in [2.05, 4.69) is 31.9 Å². The number of alkyl halides is 1. The molecule has 6 heteroatoms. The highest BCUT2D eigenvalue weighted by Crippen LogP contribution is 2.35. The summed E-state index contributed by atoms with van der Waals surface area (Å²) < 4.78 is 12.1. The van der Waals surface area contributed by atoms with Gasteiger partial charge < -0.3 is 14.6 Å². The maximum absolute atomic E-state index is 9.27. The fourth-order valence-electron chi connectivity index (χ4n) is 1.01. The molecule has 1 aromatic carbocycles. The normalized spacial score (nSPS) is 12.3. The third-order valence-corrected chi connectivity index (χ3v) is 3.41. The van der Waals surface area contributed by atoms with Crippen LogP contribution in [0.25, 0.3) is 0 Å². The van der Waals surface area contributed by atoms with Crippen LogP contribution in [0.4, 0.5) is 0 Å². The minimum atomic E-state index is -0.672. The molecule has 1 unspecified atom stereocenters. The second-order valence-corrected chi connectivity index (χ2v) is 5.05. The molecular weight excluding hydrogens is 363 g/mol. The molecule has 0 aliphatic carbocycles. The summed E-state index contributed by atoms with van der Waals surface area (Å²) in [6, 6.07) is 3.55. The Morgan fingerprint density at radius 1 is 1.31 bits per heavy atom. The fraction of sp³-hybridized carbons (Fsp3) is 0.400. The Hall–Kier alpha value is 0.0300. The monoisotopic (exact) mass is 372 g/mol. The first-order valence-electron chi connectivity index (χ1n) is 4.48. The molecule has 0 fully saturated rings. The lowest BCUT2D eigenvalue weighted by Crippen LogP contribution is -2.18. The molecule has 0 amide bonds. The van der Waals surface area contributed by atoms with Crippen molar-refractivity contribution in [3.8, 4) is 11.5 Å². The second-order valence-electron chi connectivity index (χ2n) is 3.04. The zero-order chi connectivity index (χ0) is 12.1. The second kappa shape index (κ2) is 6.69. The van der Waals surface area contributed by atoms with Crippen molar-refractivity contribution in [3.63, 3.8) is 0 Å². The van der Waals surface area contributed by atoms with Crippen molar-refractivity contribution in [2.24, 2.45) is 0 Å². The number of methoxy groups -OCH3 is 1. The number of hydrogen-bond acceptors (Lipinski definition) is 3. The van der Waals surface area contributed by atoms with Crippen LogP contribution in [0.15, 0.2) is 21.1 Å². The predicted octanol–water partition coefficient (Wildman–Crippen LogP) is 3.20. The Labute approximate surface area is 116 Å². The smallest absolute Gasteiger partial charge is 0.135 e. The summed E-state index contributed by atoms with van der Waals surface area (Å²) in [6.07, 6.45) is -0.672. The van der Waals surface area contributed by atoms with E-state index in [-0.39, 0.29) is 12.5 Å².